The van der Waals surface area contributed by atoms with Crippen molar-refractivity contribution in [2.24, 2.45) is 0 Å². The molecule has 1 unspecified atom stereocenters. The Morgan fingerprint density at radius 3 is 2.33 bits per heavy atom. The highest BCUT2D eigenvalue weighted by molar-refractivity contribution is 5.94. The zero-order chi connectivity index (χ0) is 17.7. The molecule has 2 heterocycles. The first-order valence-electron chi connectivity index (χ1n) is 7.08. The summed E-state index contributed by atoms with van der Waals surface area (Å²) in [6.45, 7) is 0.320. The van der Waals surface area contributed by atoms with Crippen LogP contribution in [-0.4, -0.2) is 29.3 Å². The average molecular weight is 350 g/mol. The lowest BCUT2D eigenvalue weighted by molar-refractivity contribution is -0.142. The molecule has 0 radical (unpaired) electrons. The number of benzene rings is 1. The highest BCUT2D eigenvalue weighted by atomic mass is 19.4. The van der Waals surface area contributed by atoms with Crippen molar-refractivity contribution in [3.8, 4) is 0 Å². The lowest BCUT2D eigenvalue weighted by atomic mass is 10.1. The third-order valence-corrected chi connectivity index (χ3v) is 3.92. The van der Waals surface area contributed by atoms with E-state index in [4.69, 9.17) is 0 Å². The topological polar surface area (TPSA) is 36.4 Å². The summed E-state index contributed by atoms with van der Waals surface area (Å²) in [6, 6.07) is 3.88. The number of halogens is 6. The first-order chi connectivity index (χ1) is 11.1. The monoisotopic (exact) mass is 350 g/mol. The molecule has 1 aromatic carbocycles. The molecule has 1 fully saturated rings. The Morgan fingerprint density at radius 2 is 1.79 bits per heavy atom. The summed E-state index contributed by atoms with van der Waals surface area (Å²) in [5.74, 6) is 0. The second-order valence-corrected chi connectivity index (χ2v) is 5.61. The van der Waals surface area contributed by atoms with Crippen molar-refractivity contribution in [3.05, 3.63) is 35.5 Å². The number of aliphatic hydroxyl groups excluding tert-OH is 1. The van der Waals surface area contributed by atoms with Crippen LogP contribution in [-0.2, 0) is 12.4 Å². The van der Waals surface area contributed by atoms with Crippen LogP contribution in [0.25, 0.3) is 10.9 Å². The fraction of sp³-hybridized carbons (Fsp3) is 0.400. The molecule has 2 aromatic rings. The van der Waals surface area contributed by atoms with E-state index in [1.807, 2.05) is 0 Å². The van der Waals surface area contributed by atoms with Gasteiger partial charge in [-0.15, -0.1) is 0 Å². The summed E-state index contributed by atoms with van der Waals surface area (Å²) < 4.78 is 78.7. The molecule has 9 heteroatoms. The number of hydrogen-bond donors (Lipinski definition) is 1. The normalized spacial score (nSPS) is 19.3. The van der Waals surface area contributed by atoms with Crippen LogP contribution in [0.2, 0.25) is 0 Å². The van der Waals surface area contributed by atoms with Gasteiger partial charge in [0, 0.05) is 24.2 Å². The first kappa shape index (κ1) is 16.8. The van der Waals surface area contributed by atoms with Gasteiger partial charge in [0.1, 0.15) is 5.69 Å². The Balaban J connectivity index is 2.30. The summed E-state index contributed by atoms with van der Waals surface area (Å²) >= 11 is 0. The SMILES string of the molecule is OC1CCN(c2cc(C(F)(F)F)nc3c(C(F)(F)F)cccc23)C1. The van der Waals surface area contributed by atoms with E-state index >= 15 is 0 Å². The molecule has 1 N–H and O–H groups in total. The van der Waals surface area contributed by atoms with Crippen molar-refractivity contribution >= 4 is 16.6 Å². The largest absolute Gasteiger partial charge is 0.433 e. The van der Waals surface area contributed by atoms with Crippen LogP contribution in [0.4, 0.5) is 32.0 Å². The van der Waals surface area contributed by atoms with E-state index < -0.39 is 35.2 Å². The van der Waals surface area contributed by atoms with E-state index in [2.05, 4.69) is 4.98 Å². The summed E-state index contributed by atoms with van der Waals surface area (Å²) in [5, 5.41) is 9.57. The molecule has 130 valence electrons. The van der Waals surface area contributed by atoms with Gasteiger partial charge in [0.05, 0.1) is 17.2 Å². The van der Waals surface area contributed by atoms with E-state index in [0.717, 1.165) is 12.1 Å². The number of fused-ring (bicyclic) bond motifs is 1. The second kappa shape index (κ2) is 5.51. The predicted octanol–water partition coefficient (Wildman–Crippen LogP) is 3.84. The van der Waals surface area contributed by atoms with Crippen molar-refractivity contribution in [2.75, 3.05) is 18.0 Å². The van der Waals surface area contributed by atoms with Gasteiger partial charge in [0.15, 0.2) is 0 Å². The Morgan fingerprint density at radius 1 is 1.08 bits per heavy atom. The maximum atomic E-state index is 13.1. The van der Waals surface area contributed by atoms with E-state index in [9.17, 15) is 31.4 Å². The van der Waals surface area contributed by atoms with E-state index in [-0.39, 0.29) is 24.2 Å². The Hall–Kier alpha value is -2.03. The molecule has 3 rings (SSSR count). The van der Waals surface area contributed by atoms with Gasteiger partial charge in [0.2, 0.25) is 0 Å². The Bertz CT molecular complexity index is 771. The zero-order valence-corrected chi connectivity index (χ0v) is 12.1. The number of para-hydroxylation sites is 1. The number of pyridine rings is 1. The van der Waals surface area contributed by atoms with E-state index in [1.165, 1.54) is 11.0 Å². The number of hydrogen-bond acceptors (Lipinski definition) is 3. The standard InChI is InChI=1S/C15H12F6N2O/c16-14(17,18)10-3-1-2-9-11(23-5-4-8(24)7-23)6-12(15(19,20)21)22-13(9)10/h1-3,6,8,24H,4-5,7H2. The van der Waals surface area contributed by atoms with Gasteiger partial charge >= 0.3 is 12.4 Å². The molecule has 0 saturated carbocycles. The minimum absolute atomic E-state index is 0.00465. The molecule has 1 aliphatic heterocycles. The maximum Gasteiger partial charge on any atom is 0.433 e. The minimum atomic E-state index is -4.88. The van der Waals surface area contributed by atoms with Crippen molar-refractivity contribution in [2.45, 2.75) is 24.9 Å². The van der Waals surface area contributed by atoms with Crippen LogP contribution < -0.4 is 4.90 Å². The molecule has 0 amide bonds. The minimum Gasteiger partial charge on any atom is -0.391 e. The number of aromatic nitrogens is 1. The molecule has 1 aliphatic rings. The highest BCUT2D eigenvalue weighted by Crippen LogP contribution is 2.40. The fourth-order valence-corrected chi connectivity index (χ4v) is 2.83. The fourth-order valence-electron chi connectivity index (χ4n) is 2.83. The van der Waals surface area contributed by atoms with E-state index in [0.29, 0.717) is 12.5 Å². The van der Waals surface area contributed by atoms with Gasteiger partial charge < -0.3 is 10.0 Å². The lowest BCUT2D eigenvalue weighted by Gasteiger charge is -2.22. The van der Waals surface area contributed by atoms with Crippen molar-refractivity contribution in [1.29, 1.82) is 0 Å². The molecular formula is C15H12F6N2O. The molecule has 0 aliphatic carbocycles. The van der Waals surface area contributed by atoms with Crippen molar-refractivity contribution < 1.29 is 31.4 Å². The third kappa shape index (κ3) is 3.00. The van der Waals surface area contributed by atoms with Gasteiger partial charge in [-0.2, -0.15) is 26.3 Å². The third-order valence-electron chi connectivity index (χ3n) is 3.92. The zero-order valence-electron chi connectivity index (χ0n) is 12.1. The lowest BCUT2D eigenvalue weighted by Crippen LogP contribution is -2.23. The van der Waals surface area contributed by atoms with Crippen molar-refractivity contribution in [3.63, 3.8) is 0 Å². The van der Waals surface area contributed by atoms with Crippen LogP contribution in [0.5, 0.6) is 0 Å². The van der Waals surface area contributed by atoms with Crippen LogP contribution >= 0.6 is 0 Å². The molecule has 0 spiro atoms. The van der Waals surface area contributed by atoms with Crippen molar-refractivity contribution in [1.82, 2.24) is 4.98 Å². The van der Waals surface area contributed by atoms with Gasteiger partial charge in [-0.1, -0.05) is 12.1 Å². The molecule has 1 atom stereocenters. The smallest absolute Gasteiger partial charge is 0.391 e. The van der Waals surface area contributed by atoms with Gasteiger partial charge in [-0.05, 0) is 18.6 Å². The Labute approximate surface area is 132 Å². The quantitative estimate of drug-likeness (QED) is 0.794. The summed E-state index contributed by atoms with van der Waals surface area (Å²) in [7, 11) is 0. The maximum absolute atomic E-state index is 13.1. The molecule has 1 aromatic heterocycles. The van der Waals surface area contributed by atoms with Gasteiger partial charge in [0.25, 0.3) is 0 Å². The molecule has 24 heavy (non-hydrogen) atoms. The van der Waals surface area contributed by atoms with Gasteiger partial charge in [-0.25, -0.2) is 4.98 Å². The molecule has 1 saturated heterocycles. The number of rotatable bonds is 1. The number of β-amino-alcohol motifs (C(OH)–C–C–N with tert-alkyl or cyclic N) is 1. The Kier molecular flexibility index (Phi) is 3.86. The molecular weight excluding hydrogens is 338 g/mol. The van der Waals surface area contributed by atoms with E-state index in [1.54, 1.807) is 0 Å². The van der Waals surface area contributed by atoms with Gasteiger partial charge in [-0.3, -0.25) is 0 Å². The van der Waals surface area contributed by atoms with Crippen LogP contribution in [0.3, 0.4) is 0 Å². The molecule has 0 bridgehead atoms. The van der Waals surface area contributed by atoms with Crippen LogP contribution in [0.15, 0.2) is 24.3 Å². The first-order valence-corrected chi connectivity index (χ1v) is 7.08. The summed E-state index contributed by atoms with van der Waals surface area (Å²) in [6.07, 6.45) is -10.1. The second-order valence-electron chi connectivity index (χ2n) is 5.61. The number of anilines is 1. The average Bonchev–Trinajstić information content (AvgIpc) is 2.90. The van der Waals surface area contributed by atoms with Crippen LogP contribution in [0.1, 0.15) is 17.7 Å². The molecule has 3 nitrogen and oxygen atoms in total. The number of nitrogens with zero attached hydrogens (tertiary/aromatic N) is 2. The summed E-state index contributed by atoms with van der Waals surface area (Å²) in [5.41, 5.74) is -3.35. The number of aliphatic hydroxyl groups is 1. The summed E-state index contributed by atoms with van der Waals surface area (Å²) in [4.78, 5) is 4.68. The highest BCUT2D eigenvalue weighted by Gasteiger charge is 2.38. The number of alkyl halides is 6. The van der Waals surface area contributed by atoms with Crippen LogP contribution in [0, 0.1) is 0 Å². The predicted molar refractivity (Wildman–Crippen MR) is 74.6 cm³/mol.